The van der Waals surface area contributed by atoms with Gasteiger partial charge < -0.3 is 10.5 Å². The van der Waals surface area contributed by atoms with Crippen molar-refractivity contribution in [1.82, 2.24) is 15.2 Å². The van der Waals surface area contributed by atoms with Gasteiger partial charge in [0.1, 0.15) is 16.8 Å². The van der Waals surface area contributed by atoms with Crippen LogP contribution in [-0.2, 0) is 0 Å². The van der Waals surface area contributed by atoms with E-state index in [1.807, 2.05) is 32.9 Å². The van der Waals surface area contributed by atoms with E-state index in [2.05, 4.69) is 27.3 Å². The molecule has 3 N–H and O–H groups in total. The molecule has 4 rings (SSSR count). The number of nitrogens with one attached hydrogen (secondary N) is 1. The average Bonchev–Trinajstić information content (AvgIpc) is 2.93. The Bertz CT molecular complexity index is 1140. The zero-order valence-electron chi connectivity index (χ0n) is 14.5. The Balaban J connectivity index is 2.04. The molecule has 0 spiro atoms. The number of H-pyrrole nitrogens is 1. The first-order valence-electron chi connectivity index (χ1n) is 8.10. The Morgan fingerprint density at radius 2 is 2.04 bits per heavy atom. The van der Waals surface area contributed by atoms with E-state index in [1.54, 1.807) is 0 Å². The van der Waals surface area contributed by atoms with Gasteiger partial charge in [0.25, 0.3) is 0 Å². The Morgan fingerprint density at radius 3 is 2.77 bits per heavy atom. The van der Waals surface area contributed by atoms with E-state index < -0.39 is 5.92 Å². The summed E-state index contributed by atoms with van der Waals surface area (Å²) in [4.78, 5) is 4.57. The second-order valence-electron chi connectivity index (χ2n) is 6.51. The predicted octanol–water partition coefficient (Wildman–Crippen LogP) is 3.75. The van der Waals surface area contributed by atoms with Crippen molar-refractivity contribution in [2.75, 3.05) is 0 Å². The van der Waals surface area contributed by atoms with Crippen LogP contribution in [0.3, 0.4) is 0 Å². The molecule has 1 aliphatic heterocycles. The van der Waals surface area contributed by atoms with Gasteiger partial charge >= 0.3 is 0 Å². The number of hydrogen-bond donors (Lipinski definition) is 2. The number of aromatic amines is 1. The first-order valence-corrected chi connectivity index (χ1v) is 8.48. The minimum Gasteiger partial charge on any atom is -0.420 e. The van der Waals surface area contributed by atoms with Gasteiger partial charge in [-0.25, -0.2) is 4.98 Å². The zero-order chi connectivity index (χ0) is 18.6. The van der Waals surface area contributed by atoms with E-state index in [0.29, 0.717) is 22.2 Å². The molecule has 0 unspecified atom stereocenters. The molecular weight excluding hydrogens is 350 g/mol. The van der Waals surface area contributed by atoms with E-state index in [4.69, 9.17) is 22.1 Å². The number of rotatable bonds is 1. The minimum absolute atomic E-state index is 0.0355. The van der Waals surface area contributed by atoms with E-state index in [0.717, 1.165) is 33.3 Å². The third-order valence-corrected chi connectivity index (χ3v) is 5.01. The predicted molar refractivity (Wildman–Crippen MR) is 98.8 cm³/mol. The van der Waals surface area contributed by atoms with Crippen molar-refractivity contribution in [3.8, 4) is 11.9 Å². The van der Waals surface area contributed by atoms with Gasteiger partial charge in [-0.2, -0.15) is 5.26 Å². The van der Waals surface area contributed by atoms with Crippen LogP contribution in [0.5, 0.6) is 5.88 Å². The van der Waals surface area contributed by atoms with Crippen LogP contribution in [0.15, 0.2) is 29.7 Å². The highest BCUT2D eigenvalue weighted by Gasteiger charge is 2.35. The van der Waals surface area contributed by atoms with Gasteiger partial charge in [0.15, 0.2) is 0 Å². The number of hydrogen-bond acceptors (Lipinski definition) is 5. The van der Waals surface area contributed by atoms with Crippen LogP contribution in [0.1, 0.15) is 33.9 Å². The number of ether oxygens (including phenoxy) is 1. The van der Waals surface area contributed by atoms with Crippen LogP contribution in [0.4, 0.5) is 0 Å². The normalized spacial score (nSPS) is 16.3. The van der Waals surface area contributed by atoms with Gasteiger partial charge in [0.2, 0.25) is 11.8 Å². The second kappa shape index (κ2) is 5.75. The van der Waals surface area contributed by atoms with Crippen molar-refractivity contribution in [1.29, 1.82) is 5.26 Å². The lowest BCUT2D eigenvalue weighted by molar-refractivity contribution is 0.379. The third kappa shape index (κ3) is 2.32. The highest BCUT2D eigenvalue weighted by molar-refractivity contribution is 6.30. The highest BCUT2D eigenvalue weighted by Crippen LogP contribution is 2.45. The fraction of sp³-hybridized carbons (Fsp3) is 0.211. The monoisotopic (exact) mass is 365 g/mol. The SMILES string of the molecule is Cc1cc(C)c2cc([C@@H]3C(C#N)=C(N)Oc4n[nH]c(C)c43)c(Cl)nc2c1. The van der Waals surface area contributed by atoms with Gasteiger partial charge in [-0.3, -0.25) is 5.10 Å². The molecule has 130 valence electrons. The third-order valence-electron chi connectivity index (χ3n) is 4.71. The second-order valence-corrected chi connectivity index (χ2v) is 6.87. The number of fused-ring (bicyclic) bond motifs is 2. The average molecular weight is 366 g/mol. The molecule has 0 bridgehead atoms. The molecule has 0 saturated heterocycles. The van der Waals surface area contributed by atoms with E-state index in [9.17, 15) is 5.26 Å². The van der Waals surface area contributed by atoms with Crippen LogP contribution in [0.2, 0.25) is 5.15 Å². The lowest BCUT2D eigenvalue weighted by atomic mass is 9.84. The van der Waals surface area contributed by atoms with E-state index >= 15 is 0 Å². The van der Waals surface area contributed by atoms with E-state index in [1.165, 1.54) is 0 Å². The molecule has 1 aliphatic rings. The summed E-state index contributed by atoms with van der Waals surface area (Å²) in [6.07, 6.45) is 0. The van der Waals surface area contributed by atoms with Crippen molar-refractivity contribution < 1.29 is 4.74 Å². The van der Waals surface area contributed by atoms with Crippen LogP contribution in [-0.4, -0.2) is 15.2 Å². The molecule has 0 fully saturated rings. The molecular formula is C19H16ClN5O. The fourth-order valence-corrected chi connectivity index (χ4v) is 3.79. The summed E-state index contributed by atoms with van der Waals surface area (Å²) in [5.41, 5.74) is 11.6. The molecule has 6 nitrogen and oxygen atoms in total. The molecule has 3 aromatic rings. The topological polar surface area (TPSA) is 101 Å². The largest absolute Gasteiger partial charge is 0.420 e. The Kier molecular flexibility index (Phi) is 3.63. The molecule has 7 heteroatoms. The first-order chi connectivity index (χ1) is 12.4. The smallest absolute Gasteiger partial charge is 0.244 e. The summed E-state index contributed by atoms with van der Waals surface area (Å²) >= 11 is 6.54. The van der Waals surface area contributed by atoms with Gasteiger partial charge in [0, 0.05) is 22.2 Å². The molecule has 0 saturated carbocycles. The number of aromatic nitrogens is 3. The lowest BCUT2D eigenvalue weighted by Crippen LogP contribution is -2.21. The summed E-state index contributed by atoms with van der Waals surface area (Å²) < 4.78 is 5.50. The van der Waals surface area contributed by atoms with Crippen LogP contribution in [0.25, 0.3) is 10.9 Å². The van der Waals surface area contributed by atoms with Crippen LogP contribution < -0.4 is 10.5 Å². The Labute approximate surface area is 155 Å². The fourth-order valence-electron chi connectivity index (χ4n) is 3.53. The quantitative estimate of drug-likeness (QED) is 0.639. The van der Waals surface area contributed by atoms with Crippen molar-refractivity contribution >= 4 is 22.5 Å². The Morgan fingerprint density at radius 1 is 1.27 bits per heavy atom. The van der Waals surface area contributed by atoms with Gasteiger partial charge in [-0.1, -0.05) is 17.7 Å². The van der Waals surface area contributed by atoms with Gasteiger partial charge in [0.05, 0.1) is 11.4 Å². The maximum absolute atomic E-state index is 9.68. The van der Waals surface area contributed by atoms with Crippen molar-refractivity contribution in [3.63, 3.8) is 0 Å². The standard InChI is InChI=1S/C19H16ClN5O/c1-8-4-9(2)11-6-12(17(20)23-14(11)5-8)16-13(7-21)18(22)26-19-15(16)10(3)24-25-19/h4-6,16H,22H2,1-3H3,(H,24,25)/t16-/m1/s1. The van der Waals surface area contributed by atoms with Crippen LogP contribution >= 0.6 is 11.6 Å². The van der Waals surface area contributed by atoms with Crippen LogP contribution in [0, 0.1) is 32.1 Å². The molecule has 1 atom stereocenters. The molecule has 3 heterocycles. The highest BCUT2D eigenvalue weighted by atomic mass is 35.5. The molecule has 0 radical (unpaired) electrons. The number of nitriles is 1. The van der Waals surface area contributed by atoms with Crippen molar-refractivity contribution in [2.45, 2.75) is 26.7 Å². The molecule has 1 aromatic carbocycles. The summed E-state index contributed by atoms with van der Waals surface area (Å²) in [5, 5.41) is 18.0. The lowest BCUT2D eigenvalue weighted by Gasteiger charge is -2.24. The molecule has 2 aromatic heterocycles. The summed E-state index contributed by atoms with van der Waals surface area (Å²) in [6.45, 7) is 5.92. The Hall–Kier alpha value is -3.04. The number of aryl methyl sites for hydroxylation is 3. The molecule has 26 heavy (non-hydrogen) atoms. The zero-order valence-corrected chi connectivity index (χ0v) is 15.3. The summed E-state index contributed by atoms with van der Waals surface area (Å²) in [7, 11) is 0. The maximum atomic E-state index is 9.68. The van der Waals surface area contributed by atoms with Crippen molar-refractivity contribution in [3.05, 3.63) is 62.8 Å². The number of halogens is 1. The number of benzene rings is 1. The number of pyridine rings is 1. The first kappa shape index (κ1) is 16.4. The summed E-state index contributed by atoms with van der Waals surface area (Å²) in [5.74, 6) is -0.0818. The number of nitrogens with zero attached hydrogens (tertiary/aromatic N) is 3. The maximum Gasteiger partial charge on any atom is 0.244 e. The van der Waals surface area contributed by atoms with Gasteiger partial charge in [-0.15, -0.1) is 5.10 Å². The molecule has 0 aliphatic carbocycles. The molecule has 0 amide bonds. The van der Waals surface area contributed by atoms with E-state index in [-0.39, 0.29) is 5.88 Å². The number of allylic oxidation sites excluding steroid dienone is 1. The van der Waals surface area contributed by atoms with Gasteiger partial charge in [-0.05, 0) is 44.0 Å². The number of nitrogens with two attached hydrogens (primary N) is 1. The van der Waals surface area contributed by atoms with Crippen molar-refractivity contribution in [2.24, 2.45) is 5.73 Å². The summed E-state index contributed by atoms with van der Waals surface area (Å²) in [6, 6.07) is 8.23. The minimum atomic E-state index is -0.479.